The summed E-state index contributed by atoms with van der Waals surface area (Å²) in [6.07, 6.45) is 1.71. The molecule has 6 nitrogen and oxygen atoms in total. The largest absolute Gasteiger partial charge is 0.308 e. The second kappa shape index (κ2) is 4.79. The smallest absolute Gasteiger partial charge is 0.159 e. The lowest BCUT2D eigenvalue weighted by Crippen LogP contribution is -2.20. The zero-order valence-corrected chi connectivity index (χ0v) is 12.2. The number of aryl methyl sites for hydroxylation is 1. The number of nitrogens with zero attached hydrogens (tertiary/aromatic N) is 4. The summed E-state index contributed by atoms with van der Waals surface area (Å²) in [6.45, 7) is 7.95. The highest BCUT2D eigenvalue weighted by Crippen LogP contribution is 2.22. The Labute approximate surface area is 117 Å². The van der Waals surface area contributed by atoms with Gasteiger partial charge in [-0.1, -0.05) is 32.4 Å². The molecule has 0 radical (unpaired) electrons. The standard InChI is InChI=1S/C12H17ClN6/c1-7-8(13)6-19(18-7)10-5-9(17-14)15-11(16-10)12(2,3)4/h5-6H,14H2,1-4H3,(H,15,16,17). The van der Waals surface area contributed by atoms with E-state index in [1.165, 1.54) is 0 Å². The van der Waals surface area contributed by atoms with Crippen molar-refractivity contribution < 1.29 is 0 Å². The summed E-state index contributed by atoms with van der Waals surface area (Å²) >= 11 is 6.02. The molecule has 0 saturated carbocycles. The molecule has 2 rings (SSSR count). The molecule has 0 atom stereocenters. The van der Waals surface area contributed by atoms with Gasteiger partial charge in [-0.25, -0.2) is 20.5 Å². The van der Waals surface area contributed by atoms with Gasteiger partial charge in [-0.05, 0) is 6.92 Å². The van der Waals surface area contributed by atoms with Crippen LogP contribution in [0.5, 0.6) is 0 Å². The van der Waals surface area contributed by atoms with Gasteiger partial charge in [0.1, 0.15) is 11.6 Å². The number of rotatable bonds is 2. The zero-order chi connectivity index (χ0) is 14.2. The molecule has 0 aliphatic heterocycles. The van der Waals surface area contributed by atoms with Crippen LogP contribution in [0.15, 0.2) is 12.3 Å². The van der Waals surface area contributed by atoms with Crippen molar-refractivity contribution in [1.82, 2.24) is 19.7 Å². The number of aromatic nitrogens is 4. The molecule has 3 N–H and O–H groups in total. The molecule has 0 aliphatic carbocycles. The van der Waals surface area contributed by atoms with Crippen LogP contribution in [0.25, 0.3) is 5.82 Å². The minimum Gasteiger partial charge on any atom is -0.308 e. The first kappa shape index (κ1) is 13.8. The summed E-state index contributed by atoms with van der Waals surface area (Å²) in [7, 11) is 0. The molecule has 0 spiro atoms. The molecule has 0 saturated heterocycles. The van der Waals surface area contributed by atoms with Gasteiger partial charge in [-0.2, -0.15) is 5.10 Å². The van der Waals surface area contributed by atoms with E-state index < -0.39 is 0 Å². The monoisotopic (exact) mass is 280 g/mol. The Morgan fingerprint density at radius 2 is 2.00 bits per heavy atom. The van der Waals surface area contributed by atoms with E-state index in [-0.39, 0.29) is 5.41 Å². The molecule has 2 heterocycles. The minimum atomic E-state index is -0.187. The van der Waals surface area contributed by atoms with Crippen molar-refractivity contribution in [1.29, 1.82) is 0 Å². The van der Waals surface area contributed by atoms with Gasteiger partial charge in [0.15, 0.2) is 5.82 Å². The zero-order valence-electron chi connectivity index (χ0n) is 11.4. The third-order valence-electron chi connectivity index (χ3n) is 2.61. The molecular weight excluding hydrogens is 264 g/mol. The Hall–Kier alpha value is -1.66. The quantitative estimate of drug-likeness (QED) is 0.651. The number of nitrogens with two attached hydrogens (primary N) is 1. The molecule has 19 heavy (non-hydrogen) atoms. The highest BCUT2D eigenvalue weighted by molar-refractivity contribution is 6.31. The predicted octanol–water partition coefficient (Wildman–Crippen LogP) is 2.21. The second-order valence-corrected chi connectivity index (χ2v) is 5.74. The van der Waals surface area contributed by atoms with Crippen LogP contribution >= 0.6 is 11.6 Å². The lowest BCUT2D eigenvalue weighted by atomic mass is 9.96. The van der Waals surface area contributed by atoms with Crippen LogP contribution in [0, 0.1) is 6.92 Å². The maximum absolute atomic E-state index is 6.02. The van der Waals surface area contributed by atoms with Crippen LogP contribution in [0.3, 0.4) is 0 Å². The number of hydrogen-bond acceptors (Lipinski definition) is 5. The summed E-state index contributed by atoms with van der Waals surface area (Å²) in [5.74, 6) is 7.30. The van der Waals surface area contributed by atoms with Crippen molar-refractivity contribution in [3.05, 3.63) is 28.8 Å². The van der Waals surface area contributed by atoms with Gasteiger partial charge in [-0.15, -0.1) is 0 Å². The van der Waals surface area contributed by atoms with Crippen LogP contribution in [0.1, 0.15) is 32.3 Å². The van der Waals surface area contributed by atoms with E-state index in [0.29, 0.717) is 22.5 Å². The number of hydrazine groups is 1. The Bertz CT molecular complexity index is 579. The van der Waals surface area contributed by atoms with Gasteiger partial charge in [-0.3, -0.25) is 0 Å². The van der Waals surface area contributed by atoms with Gasteiger partial charge in [0.2, 0.25) is 0 Å². The number of nitrogen functional groups attached to an aromatic ring is 1. The van der Waals surface area contributed by atoms with E-state index in [9.17, 15) is 0 Å². The fraction of sp³-hybridized carbons (Fsp3) is 0.417. The van der Waals surface area contributed by atoms with Crippen molar-refractivity contribution in [3.8, 4) is 5.82 Å². The van der Waals surface area contributed by atoms with Crippen molar-refractivity contribution in [2.24, 2.45) is 5.84 Å². The molecule has 2 aromatic heterocycles. The summed E-state index contributed by atoms with van der Waals surface area (Å²) < 4.78 is 1.62. The van der Waals surface area contributed by atoms with E-state index in [0.717, 1.165) is 5.69 Å². The summed E-state index contributed by atoms with van der Waals surface area (Å²) in [5.41, 5.74) is 3.11. The van der Waals surface area contributed by atoms with E-state index in [2.05, 4.69) is 20.5 Å². The van der Waals surface area contributed by atoms with Crippen LogP contribution in [-0.2, 0) is 5.41 Å². The van der Waals surface area contributed by atoms with Crippen molar-refractivity contribution in [3.63, 3.8) is 0 Å². The Balaban J connectivity index is 2.57. The second-order valence-electron chi connectivity index (χ2n) is 5.34. The molecule has 2 aromatic rings. The van der Waals surface area contributed by atoms with Gasteiger partial charge in [0.25, 0.3) is 0 Å². The maximum Gasteiger partial charge on any atom is 0.159 e. The lowest BCUT2D eigenvalue weighted by Gasteiger charge is -2.18. The fourth-order valence-corrected chi connectivity index (χ4v) is 1.65. The highest BCUT2D eigenvalue weighted by atomic mass is 35.5. The average molecular weight is 281 g/mol. The fourth-order valence-electron chi connectivity index (χ4n) is 1.52. The number of halogens is 1. The molecule has 0 bridgehead atoms. The molecule has 0 aliphatic rings. The van der Waals surface area contributed by atoms with E-state index in [1.807, 2.05) is 27.7 Å². The molecular formula is C12H17ClN6. The first-order valence-electron chi connectivity index (χ1n) is 5.89. The van der Waals surface area contributed by atoms with Crippen LogP contribution in [0.2, 0.25) is 5.02 Å². The van der Waals surface area contributed by atoms with Crippen LogP contribution < -0.4 is 11.3 Å². The molecule has 0 fully saturated rings. The molecule has 102 valence electrons. The van der Waals surface area contributed by atoms with Gasteiger partial charge in [0, 0.05) is 11.5 Å². The molecule has 0 aromatic carbocycles. The molecule has 0 amide bonds. The van der Waals surface area contributed by atoms with E-state index >= 15 is 0 Å². The van der Waals surface area contributed by atoms with Crippen molar-refractivity contribution in [2.75, 3.05) is 5.43 Å². The van der Waals surface area contributed by atoms with Gasteiger partial charge < -0.3 is 5.43 Å². The average Bonchev–Trinajstić information content (AvgIpc) is 2.68. The molecule has 0 unspecified atom stereocenters. The van der Waals surface area contributed by atoms with Gasteiger partial charge in [0.05, 0.1) is 16.9 Å². The first-order valence-corrected chi connectivity index (χ1v) is 6.27. The summed E-state index contributed by atoms with van der Waals surface area (Å²) in [5, 5.41) is 4.90. The number of nitrogens with one attached hydrogen (secondary N) is 1. The van der Waals surface area contributed by atoms with Crippen LogP contribution in [-0.4, -0.2) is 19.7 Å². The van der Waals surface area contributed by atoms with E-state index in [1.54, 1.807) is 16.9 Å². The Kier molecular flexibility index (Phi) is 3.47. The maximum atomic E-state index is 6.02. The number of hydrogen-bond donors (Lipinski definition) is 2. The Morgan fingerprint density at radius 1 is 1.32 bits per heavy atom. The van der Waals surface area contributed by atoms with Crippen molar-refractivity contribution >= 4 is 17.4 Å². The Morgan fingerprint density at radius 3 is 2.47 bits per heavy atom. The van der Waals surface area contributed by atoms with Crippen molar-refractivity contribution in [2.45, 2.75) is 33.1 Å². The minimum absolute atomic E-state index is 0.187. The third-order valence-corrected chi connectivity index (χ3v) is 2.98. The third kappa shape index (κ3) is 2.85. The SMILES string of the molecule is Cc1nn(-c2cc(NN)nc(C(C)(C)C)n2)cc1Cl. The summed E-state index contributed by atoms with van der Waals surface area (Å²) in [6, 6.07) is 1.72. The van der Waals surface area contributed by atoms with Gasteiger partial charge >= 0.3 is 0 Å². The van der Waals surface area contributed by atoms with E-state index in [4.69, 9.17) is 17.4 Å². The lowest BCUT2D eigenvalue weighted by molar-refractivity contribution is 0.542. The highest BCUT2D eigenvalue weighted by Gasteiger charge is 2.20. The number of anilines is 1. The predicted molar refractivity (Wildman–Crippen MR) is 75.4 cm³/mol. The topological polar surface area (TPSA) is 81.7 Å². The normalized spacial score (nSPS) is 11.7. The molecule has 7 heteroatoms. The van der Waals surface area contributed by atoms with Crippen LogP contribution in [0.4, 0.5) is 5.82 Å². The first-order chi connectivity index (χ1) is 8.81. The summed E-state index contributed by atoms with van der Waals surface area (Å²) in [4.78, 5) is 8.87.